The fourth-order valence-corrected chi connectivity index (χ4v) is 6.50. The van der Waals surface area contributed by atoms with Gasteiger partial charge < -0.3 is 9.47 Å². The van der Waals surface area contributed by atoms with Crippen LogP contribution in [0.3, 0.4) is 0 Å². The van der Waals surface area contributed by atoms with E-state index in [1.54, 1.807) is 0 Å². The molecular weight excluding hydrogens is 548 g/mol. The van der Waals surface area contributed by atoms with E-state index in [1.807, 2.05) is 54.6 Å². The van der Waals surface area contributed by atoms with E-state index >= 15 is 0 Å². The average molecular weight is 584 g/mol. The molecule has 0 aliphatic heterocycles. The van der Waals surface area contributed by atoms with Crippen molar-refractivity contribution < 1.29 is 31.5 Å². The fourth-order valence-electron chi connectivity index (χ4n) is 5.12. The van der Waals surface area contributed by atoms with Crippen LogP contribution in [0.2, 0.25) is 0 Å². The van der Waals surface area contributed by atoms with Crippen molar-refractivity contribution in [2.24, 2.45) is 5.92 Å². The SMILES string of the molecule is COC(=O)CCCC=CC[C@@H]1[C@@H](NS(=O)(=O)c2ccc(F)cc2F)CC[C@@H]1OCc1ccc(-c2ccccc2)cc1. The Morgan fingerprint density at radius 2 is 1.71 bits per heavy atom. The minimum Gasteiger partial charge on any atom is -0.469 e. The maximum Gasteiger partial charge on any atom is 0.305 e. The maximum atomic E-state index is 14.3. The Labute approximate surface area is 240 Å². The van der Waals surface area contributed by atoms with E-state index in [-0.39, 0.29) is 18.0 Å². The predicted octanol–water partition coefficient (Wildman–Crippen LogP) is 6.56. The molecule has 0 bridgehead atoms. The summed E-state index contributed by atoms with van der Waals surface area (Å²) in [5.74, 6) is -2.44. The van der Waals surface area contributed by atoms with Gasteiger partial charge in [-0.3, -0.25) is 4.79 Å². The second kappa shape index (κ2) is 14.5. The number of ether oxygens (including phenoxy) is 2. The van der Waals surface area contributed by atoms with Gasteiger partial charge >= 0.3 is 5.97 Å². The van der Waals surface area contributed by atoms with Gasteiger partial charge in [0.1, 0.15) is 16.5 Å². The number of unbranched alkanes of at least 4 members (excludes halogenated alkanes) is 1. The Morgan fingerprint density at radius 3 is 2.41 bits per heavy atom. The number of benzene rings is 3. The molecule has 0 heterocycles. The quantitative estimate of drug-likeness (QED) is 0.140. The van der Waals surface area contributed by atoms with Crippen molar-refractivity contribution in [2.45, 2.75) is 62.2 Å². The molecular formula is C32H35F2NO5S. The first kappa shape index (κ1) is 30.6. The number of halogens is 2. The van der Waals surface area contributed by atoms with E-state index in [0.29, 0.717) is 51.2 Å². The lowest BCUT2D eigenvalue weighted by atomic mass is 9.97. The molecule has 1 aliphatic rings. The number of carbonyl (C=O) groups excluding carboxylic acids is 1. The molecule has 4 rings (SSSR count). The molecule has 9 heteroatoms. The first-order valence-electron chi connectivity index (χ1n) is 13.7. The zero-order valence-electron chi connectivity index (χ0n) is 23.0. The summed E-state index contributed by atoms with van der Waals surface area (Å²) < 4.78 is 67.4. The summed E-state index contributed by atoms with van der Waals surface area (Å²) in [7, 11) is -2.86. The van der Waals surface area contributed by atoms with E-state index < -0.39 is 32.6 Å². The van der Waals surface area contributed by atoms with E-state index in [0.717, 1.165) is 28.8 Å². The Hall–Kier alpha value is -3.40. The number of hydrogen-bond acceptors (Lipinski definition) is 5. The van der Waals surface area contributed by atoms with Crippen LogP contribution >= 0.6 is 0 Å². The lowest BCUT2D eigenvalue weighted by Gasteiger charge is -2.25. The highest BCUT2D eigenvalue weighted by atomic mass is 32.2. The Bertz CT molecular complexity index is 1430. The van der Waals surface area contributed by atoms with Gasteiger partial charge in [-0.15, -0.1) is 0 Å². The highest BCUT2D eigenvalue weighted by Gasteiger charge is 2.39. The van der Waals surface area contributed by atoms with Crippen LogP contribution in [-0.2, 0) is 30.9 Å². The minimum atomic E-state index is -4.22. The second-order valence-electron chi connectivity index (χ2n) is 10.1. The third kappa shape index (κ3) is 8.55. The molecule has 3 atom stereocenters. The van der Waals surface area contributed by atoms with Crippen LogP contribution < -0.4 is 4.72 Å². The van der Waals surface area contributed by atoms with Crippen LogP contribution in [0.5, 0.6) is 0 Å². The second-order valence-corrected chi connectivity index (χ2v) is 11.8. The molecule has 6 nitrogen and oxygen atoms in total. The van der Waals surface area contributed by atoms with E-state index in [4.69, 9.17) is 4.74 Å². The number of hydrogen-bond donors (Lipinski definition) is 1. The molecule has 0 saturated heterocycles. The Balaban J connectivity index is 1.43. The third-order valence-corrected chi connectivity index (χ3v) is 8.85. The lowest BCUT2D eigenvalue weighted by Crippen LogP contribution is -2.40. The number of esters is 1. The highest BCUT2D eigenvalue weighted by Crippen LogP contribution is 2.34. The van der Waals surface area contributed by atoms with E-state index in [2.05, 4.69) is 21.6 Å². The number of nitrogens with one attached hydrogen (secondary N) is 1. The van der Waals surface area contributed by atoms with Crippen LogP contribution in [0, 0.1) is 17.6 Å². The molecule has 0 aromatic heterocycles. The minimum absolute atomic E-state index is 0.200. The van der Waals surface area contributed by atoms with Crippen molar-refractivity contribution in [3.8, 4) is 11.1 Å². The van der Waals surface area contributed by atoms with Gasteiger partial charge in [0.25, 0.3) is 0 Å². The maximum absolute atomic E-state index is 14.3. The molecule has 0 amide bonds. The summed E-state index contributed by atoms with van der Waals surface area (Å²) in [5.41, 5.74) is 3.23. The zero-order chi connectivity index (χ0) is 29.2. The summed E-state index contributed by atoms with van der Waals surface area (Å²) >= 11 is 0. The number of sulfonamides is 1. The summed E-state index contributed by atoms with van der Waals surface area (Å²) in [4.78, 5) is 10.8. The van der Waals surface area contributed by atoms with Crippen LogP contribution in [0.25, 0.3) is 11.1 Å². The number of carbonyl (C=O) groups is 1. The fraction of sp³-hybridized carbons (Fsp3) is 0.344. The van der Waals surface area contributed by atoms with Crippen molar-refractivity contribution in [2.75, 3.05) is 7.11 Å². The van der Waals surface area contributed by atoms with Crippen molar-refractivity contribution in [3.63, 3.8) is 0 Å². The molecule has 218 valence electrons. The molecule has 1 aliphatic carbocycles. The van der Waals surface area contributed by atoms with Gasteiger partial charge in [-0.05, 0) is 60.9 Å². The first-order chi connectivity index (χ1) is 19.8. The molecule has 1 N–H and O–H groups in total. The normalized spacial score (nSPS) is 19.0. The van der Waals surface area contributed by atoms with Crippen molar-refractivity contribution in [3.05, 3.63) is 102 Å². The zero-order valence-corrected chi connectivity index (χ0v) is 23.8. The van der Waals surface area contributed by atoms with Gasteiger partial charge in [-0.1, -0.05) is 66.7 Å². The van der Waals surface area contributed by atoms with Crippen molar-refractivity contribution >= 4 is 16.0 Å². The standard InChI is InChI=1S/C32H35F2NO5S/c1-39-32(36)12-8-3-2-7-11-27-29(35-41(37,38)31-20-17-26(33)21-28(31)34)18-19-30(27)40-22-23-13-15-25(16-14-23)24-9-5-4-6-10-24/h2,4-7,9-10,13-17,20-21,27,29-30,35H,3,8,11-12,18-19,22H2,1H3/t27-,29+,30+/m1/s1. The van der Waals surface area contributed by atoms with Crippen molar-refractivity contribution in [1.82, 2.24) is 4.72 Å². The first-order valence-corrected chi connectivity index (χ1v) is 15.2. The number of methoxy groups -OCH3 is 1. The summed E-state index contributed by atoms with van der Waals surface area (Å²) in [6, 6.07) is 20.1. The largest absolute Gasteiger partial charge is 0.469 e. The Kier molecular flexibility index (Phi) is 10.8. The highest BCUT2D eigenvalue weighted by molar-refractivity contribution is 7.89. The van der Waals surface area contributed by atoms with Crippen LogP contribution in [0.15, 0.2) is 89.8 Å². The topological polar surface area (TPSA) is 81.7 Å². The summed E-state index contributed by atoms with van der Waals surface area (Å²) in [5, 5.41) is 0. The summed E-state index contributed by atoms with van der Waals surface area (Å²) in [6.45, 7) is 0.366. The molecule has 1 fully saturated rings. The summed E-state index contributed by atoms with van der Waals surface area (Å²) in [6.07, 6.45) is 7.03. The predicted molar refractivity (Wildman–Crippen MR) is 153 cm³/mol. The number of allylic oxidation sites excluding steroid dienone is 2. The number of rotatable bonds is 13. The molecule has 41 heavy (non-hydrogen) atoms. The molecule has 3 aromatic rings. The monoisotopic (exact) mass is 583 g/mol. The van der Waals surface area contributed by atoms with Gasteiger partial charge in [0.05, 0.1) is 19.8 Å². The van der Waals surface area contributed by atoms with Gasteiger partial charge in [-0.2, -0.15) is 0 Å². The van der Waals surface area contributed by atoms with Crippen molar-refractivity contribution in [1.29, 1.82) is 0 Å². The van der Waals surface area contributed by atoms with E-state index in [9.17, 15) is 22.0 Å². The smallest absolute Gasteiger partial charge is 0.305 e. The van der Waals surface area contributed by atoms with Gasteiger partial charge in [0, 0.05) is 24.4 Å². The van der Waals surface area contributed by atoms with Gasteiger partial charge in [0.2, 0.25) is 10.0 Å². The van der Waals surface area contributed by atoms with E-state index in [1.165, 1.54) is 7.11 Å². The van der Waals surface area contributed by atoms with Gasteiger partial charge in [0.15, 0.2) is 0 Å². The molecule has 1 saturated carbocycles. The third-order valence-electron chi connectivity index (χ3n) is 7.33. The van der Waals surface area contributed by atoms with Crippen LogP contribution in [-0.4, -0.2) is 33.6 Å². The molecule has 0 spiro atoms. The molecule has 0 radical (unpaired) electrons. The Morgan fingerprint density at radius 1 is 0.976 bits per heavy atom. The van der Waals surface area contributed by atoms with Gasteiger partial charge in [-0.25, -0.2) is 21.9 Å². The molecule has 0 unspecified atom stereocenters. The lowest BCUT2D eigenvalue weighted by molar-refractivity contribution is -0.140. The average Bonchev–Trinajstić information content (AvgIpc) is 3.34. The van der Waals surface area contributed by atoms with Crippen LogP contribution in [0.4, 0.5) is 8.78 Å². The molecule has 3 aromatic carbocycles. The van der Waals surface area contributed by atoms with Crippen LogP contribution in [0.1, 0.15) is 44.1 Å².